The summed E-state index contributed by atoms with van der Waals surface area (Å²) in [6, 6.07) is 23.5. The van der Waals surface area contributed by atoms with Crippen molar-refractivity contribution in [3.63, 3.8) is 0 Å². The van der Waals surface area contributed by atoms with Gasteiger partial charge in [-0.2, -0.15) is 29.4 Å². The summed E-state index contributed by atoms with van der Waals surface area (Å²) in [6.45, 7) is 0. The summed E-state index contributed by atoms with van der Waals surface area (Å²) in [7, 11) is 0. The molecular weight excluding hydrogens is 415 g/mol. The van der Waals surface area contributed by atoms with Crippen LogP contribution in [0.5, 0.6) is 0 Å². The summed E-state index contributed by atoms with van der Waals surface area (Å²) in [4.78, 5) is 0. The first-order valence-corrected chi connectivity index (χ1v) is 5.97. The molecule has 0 fully saturated rings. The van der Waals surface area contributed by atoms with Gasteiger partial charge in [0, 0.05) is 39.4 Å². The first kappa shape index (κ1) is 13.8. The van der Waals surface area contributed by atoms with Gasteiger partial charge in [0.2, 0.25) is 0 Å². The minimum absolute atomic E-state index is 0. The van der Waals surface area contributed by atoms with Gasteiger partial charge in [-0.25, -0.2) is 0 Å². The van der Waals surface area contributed by atoms with Crippen molar-refractivity contribution in [1.82, 2.24) is 9.78 Å². The molecule has 0 atom stereocenters. The smallest absolute Gasteiger partial charge is 0.0496 e. The largest absolute Gasteiger partial charge is 0.262 e. The van der Waals surface area contributed by atoms with E-state index in [0.29, 0.717) is 0 Å². The van der Waals surface area contributed by atoms with E-state index < -0.39 is 0 Å². The van der Waals surface area contributed by atoms with Gasteiger partial charge < -0.3 is 0 Å². The van der Waals surface area contributed by atoms with Crippen molar-refractivity contribution in [3.8, 4) is 5.69 Å². The van der Waals surface area contributed by atoms with E-state index >= 15 is 0 Å². The van der Waals surface area contributed by atoms with Crippen LogP contribution in [0.4, 0.5) is 0 Å². The minimum atomic E-state index is 0. The second-order valence-electron chi connectivity index (χ2n) is 4.14. The van der Waals surface area contributed by atoms with E-state index in [2.05, 4.69) is 35.4 Å². The average molecular weight is 428 g/mol. The summed E-state index contributed by atoms with van der Waals surface area (Å²) >= 11 is 0. The third-order valence-corrected chi connectivity index (χ3v) is 2.87. The maximum absolute atomic E-state index is 4.37. The van der Waals surface area contributed by atoms with Gasteiger partial charge in [-0.05, 0) is 17.3 Å². The molecule has 2 aromatic carbocycles. The molecule has 3 aromatic rings. The standard InChI is InChI=1S/C16H13N2.Pt/c1-3-7-14(8-4-1)13-16-11-12-17-18(16)15-9-5-2-6-10-15;/h1-9,11-12H,13H2;/q-1;. The Kier molecular flexibility index (Phi) is 4.70. The van der Waals surface area contributed by atoms with Crippen LogP contribution in [-0.2, 0) is 27.5 Å². The summed E-state index contributed by atoms with van der Waals surface area (Å²) in [5.41, 5.74) is 3.44. The molecule has 19 heavy (non-hydrogen) atoms. The van der Waals surface area contributed by atoms with E-state index in [0.717, 1.165) is 12.1 Å². The van der Waals surface area contributed by atoms with Crippen molar-refractivity contribution >= 4 is 0 Å². The predicted octanol–water partition coefficient (Wildman–Crippen LogP) is 3.26. The van der Waals surface area contributed by atoms with Crippen LogP contribution >= 0.6 is 0 Å². The Hall–Kier alpha value is -1.66. The summed E-state index contributed by atoms with van der Waals surface area (Å²) in [5, 5.41) is 4.37. The van der Waals surface area contributed by atoms with Gasteiger partial charge in [0.1, 0.15) is 0 Å². The fraction of sp³-hybridized carbons (Fsp3) is 0.0625. The zero-order chi connectivity index (χ0) is 12.2. The van der Waals surface area contributed by atoms with Crippen molar-refractivity contribution in [2.24, 2.45) is 0 Å². The maximum atomic E-state index is 4.37. The molecule has 2 nitrogen and oxygen atoms in total. The second-order valence-corrected chi connectivity index (χ2v) is 4.14. The molecule has 0 saturated heterocycles. The third kappa shape index (κ3) is 3.21. The molecule has 1 heterocycles. The van der Waals surface area contributed by atoms with Crippen LogP contribution in [0.3, 0.4) is 0 Å². The molecule has 0 radical (unpaired) electrons. The normalized spacial score (nSPS) is 9.89. The van der Waals surface area contributed by atoms with Crippen LogP contribution < -0.4 is 0 Å². The van der Waals surface area contributed by atoms with E-state index in [-0.39, 0.29) is 21.1 Å². The van der Waals surface area contributed by atoms with Gasteiger partial charge in [-0.15, -0.1) is 6.07 Å². The van der Waals surface area contributed by atoms with Crippen LogP contribution in [0.2, 0.25) is 0 Å². The molecule has 0 aliphatic rings. The average Bonchev–Trinajstić information content (AvgIpc) is 2.89. The number of hydrogen-bond acceptors (Lipinski definition) is 1. The van der Waals surface area contributed by atoms with E-state index in [1.54, 1.807) is 0 Å². The number of para-hydroxylation sites is 1. The Morgan fingerprint density at radius 1 is 0.947 bits per heavy atom. The summed E-state index contributed by atoms with van der Waals surface area (Å²) in [5.74, 6) is 0. The van der Waals surface area contributed by atoms with Crippen LogP contribution in [0.25, 0.3) is 5.69 Å². The van der Waals surface area contributed by atoms with Crippen molar-refractivity contribution in [2.45, 2.75) is 6.42 Å². The number of rotatable bonds is 3. The van der Waals surface area contributed by atoms with Crippen molar-refractivity contribution in [1.29, 1.82) is 0 Å². The minimum Gasteiger partial charge on any atom is -0.262 e. The van der Waals surface area contributed by atoms with Crippen LogP contribution in [-0.4, -0.2) is 9.78 Å². The fourth-order valence-electron chi connectivity index (χ4n) is 2.00. The van der Waals surface area contributed by atoms with Gasteiger partial charge in [-0.3, -0.25) is 4.68 Å². The Labute approximate surface area is 127 Å². The number of benzene rings is 2. The first-order chi connectivity index (χ1) is 8.93. The van der Waals surface area contributed by atoms with E-state index in [1.165, 1.54) is 11.3 Å². The Bertz CT molecular complexity index is 618. The molecule has 0 saturated carbocycles. The van der Waals surface area contributed by atoms with Crippen LogP contribution in [0.1, 0.15) is 11.3 Å². The molecule has 1 aromatic heterocycles. The van der Waals surface area contributed by atoms with Crippen molar-refractivity contribution < 1.29 is 21.1 Å². The van der Waals surface area contributed by atoms with Crippen LogP contribution in [0, 0.1) is 6.07 Å². The van der Waals surface area contributed by atoms with Crippen molar-refractivity contribution in [3.05, 3.63) is 84.2 Å². The molecule has 0 unspecified atom stereocenters. The van der Waals surface area contributed by atoms with E-state index in [1.807, 2.05) is 47.3 Å². The van der Waals surface area contributed by atoms with Gasteiger partial charge in [-0.1, -0.05) is 30.3 Å². The SMILES string of the molecule is [Pt].[c-]1ccccc1-n1nccc1Cc1ccccc1. The monoisotopic (exact) mass is 428 g/mol. The molecule has 0 spiro atoms. The Morgan fingerprint density at radius 2 is 1.74 bits per heavy atom. The molecule has 98 valence electrons. The predicted molar refractivity (Wildman–Crippen MR) is 71.6 cm³/mol. The zero-order valence-corrected chi connectivity index (χ0v) is 12.5. The summed E-state index contributed by atoms with van der Waals surface area (Å²) < 4.78 is 1.94. The molecule has 0 amide bonds. The van der Waals surface area contributed by atoms with Crippen molar-refractivity contribution in [2.75, 3.05) is 0 Å². The maximum Gasteiger partial charge on any atom is 0.0496 e. The van der Waals surface area contributed by atoms with Crippen LogP contribution in [0.15, 0.2) is 66.9 Å². The molecule has 3 rings (SSSR count). The molecular formula is C16H13N2Pt-. The molecule has 0 bridgehead atoms. The summed E-state index contributed by atoms with van der Waals surface area (Å²) in [6.07, 6.45) is 2.71. The van der Waals surface area contributed by atoms with E-state index in [9.17, 15) is 0 Å². The molecule has 0 aliphatic heterocycles. The Morgan fingerprint density at radius 3 is 2.47 bits per heavy atom. The number of hydrogen-bond donors (Lipinski definition) is 0. The van der Waals surface area contributed by atoms with Gasteiger partial charge in [0.15, 0.2) is 0 Å². The zero-order valence-electron chi connectivity index (χ0n) is 10.3. The molecule has 0 N–H and O–H groups in total. The molecule has 0 aliphatic carbocycles. The van der Waals surface area contributed by atoms with Gasteiger partial charge in [0.05, 0.1) is 0 Å². The fourth-order valence-corrected chi connectivity index (χ4v) is 2.00. The van der Waals surface area contributed by atoms with Gasteiger partial charge >= 0.3 is 0 Å². The first-order valence-electron chi connectivity index (χ1n) is 5.97. The quantitative estimate of drug-likeness (QED) is 0.586. The van der Waals surface area contributed by atoms with E-state index in [4.69, 9.17) is 0 Å². The molecule has 3 heteroatoms. The third-order valence-electron chi connectivity index (χ3n) is 2.87. The Balaban J connectivity index is 0.00000133. The number of aromatic nitrogens is 2. The topological polar surface area (TPSA) is 17.8 Å². The number of nitrogens with zero attached hydrogens (tertiary/aromatic N) is 2. The van der Waals surface area contributed by atoms with Gasteiger partial charge in [0.25, 0.3) is 0 Å². The second kappa shape index (κ2) is 6.49.